The van der Waals surface area contributed by atoms with Gasteiger partial charge in [0.2, 0.25) is 0 Å². The molecule has 1 aromatic rings. The second-order valence-electron chi connectivity index (χ2n) is 2.59. The predicted molar refractivity (Wildman–Crippen MR) is 54.7 cm³/mol. The van der Waals surface area contributed by atoms with Crippen LogP contribution < -0.4 is 0 Å². The predicted octanol–water partition coefficient (Wildman–Crippen LogP) is 2.76. The first-order valence-electron chi connectivity index (χ1n) is 3.70. The zero-order valence-electron chi connectivity index (χ0n) is 6.50. The molecule has 12 heavy (non-hydrogen) atoms. The zero-order valence-corrected chi connectivity index (χ0v) is 8.85. The minimum atomic E-state index is 0.0455. The first kappa shape index (κ1) is 10.0. The molecule has 1 rings (SSSR count). The van der Waals surface area contributed by atoms with Gasteiger partial charge in [0.25, 0.3) is 0 Å². The number of hydrogen-bond acceptors (Lipinski definition) is 1. The quantitative estimate of drug-likeness (QED) is 0.817. The Labute approximate surface area is 85.5 Å². The Hall–Kier alpha value is -0.0500. The van der Waals surface area contributed by atoms with Crippen molar-refractivity contribution in [3.8, 4) is 0 Å². The van der Waals surface area contributed by atoms with Crippen LogP contribution in [0.15, 0.2) is 28.7 Å². The van der Waals surface area contributed by atoms with E-state index in [2.05, 4.69) is 15.9 Å². The summed E-state index contributed by atoms with van der Waals surface area (Å²) in [5.41, 5.74) is 1.07. The maximum absolute atomic E-state index is 8.97. The van der Waals surface area contributed by atoms with Gasteiger partial charge in [0, 0.05) is 16.3 Å². The molecule has 66 valence electrons. The highest BCUT2D eigenvalue weighted by molar-refractivity contribution is 9.10. The smallest absolute Gasteiger partial charge is 0.0511 e. The summed E-state index contributed by atoms with van der Waals surface area (Å²) < 4.78 is 1.02. The molecule has 0 aliphatic carbocycles. The largest absolute Gasteiger partial charge is 0.396 e. The van der Waals surface area contributed by atoms with E-state index >= 15 is 0 Å². The van der Waals surface area contributed by atoms with Crippen LogP contribution in [0.25, 0.3) is 0 Å². The molecule has 1 nitrogen and oxygen atoms in total. The van der Waals surface area contributed by atoms with Crippen LogP contribution in [0.2, 0.25) is 0 Å². The summed E-state index contributed by atoms with van der Waals surface area (Å²) in [5.74, 6) is 0.497. The van der Waals surface area contributed by atoms with E-state index in [1.165, 1.54) is 0 Å². The molecule has 0 saturated heterocycles. The molecule has 0 saturated carbocycles. The number of halogens is 2. The Balaban J connectivity index is 2.85. The van der Waals surface area contributed by atoms with E-state index in [-0.39, 0.29) is 12.5 Å². The average molecular weight is 250 g/mol. The monoisotopic (exact) mass is 248 g/mol. The Bertz CT molecular complexity index is 248. The van der Waals surface area contributed by atoms with Gasteiger partial charge in [-0.1, -0.05) is 28.1 Å². The normalized spacial score (nSPS) is 12.9. The maximum atomic E-state index is 8.97. The van der Waals surface area contributed by atoms with E-state index < -0.39 is 0 Å². The minimum absolute atomic E-state index is 0.0455. The van der Waals surface area contributed by atoms with Crippen molar-refractivity contribution in [2.75, 3.05) is 12.5 Å². The summed E-state index contributed by atoms with van der Waals surface area (Å²) in [6.45, 7) is 0.0972. The molecule has 0 heterocycles. The molecule has 0 unspecified atom stereocenters. The fourth-order valence-corrected chi connectivity index (χ4v) is 1.70. The number of rotatable bonds is 3. The highest BCUT2D eigenvalue weighted by Crippen LogP contribution is 2.20. The SMILES string of the molecule is OC[C@H](CCl)c1cccc(Br)c1. The molecule has 1 aromatic carbocycles. The number of hydrogen-bond donors (Lipinski definition) is 1. The van der Waals surface area contributed by atoms with Crippen LogP contribution in [0, 0.1) is 0 Å². The number of aliphatic hydroxyl groups excluding tert-OH is 1. The van der Waals surface area contributed by atoms with E-state index in [0.29, 0.717) is 5.88 Å². The van der Waals surface area contributed by atoms with Gasteiger partial charge in [-0.3, -0.25) is 0 Å². The molecular formula is C9H10BrClO. The Morgan fingerprint density at radius 2 is 2.25 bits per heavy atom. The van der Waals surface area contributed by atoms with Crippen molar-refractivity contribution in [1.29, 1.82) is 0 Å². The standard InChI is InChI=1S/C9H10BrClO/c10-9-3-1-2-7(4-9)8(5-11)6-12/h1-4,8,12H,5-6H2/t8-/m0/s1. The van der Waals surface area contributed by atoms with Crippen LogP contribution in [0.1, 0.15) is 11.5 Å². The van der Waals surface area contributed by atoms with Crippen LogP contribution in [-0.2, 0) is 0 Å². The Kier molecular flexibility index (Phi) is 4.06. The molecule has 0 aliphatic rings. The van der Waals surface area contributed by atoms with Crippen molar-refractivity contribution in [3.05, 3.63) is 34.3 Å². The fraction of sp³-hybridized carbons (Fsp3) is 0.333. The van der Waals surface area contributed by atoms with Crippen molar-refractivity contribution in [3.63, 3.8) is 0 Å². The maximum Gasteiger partial charge on any atom is 0.0511 e. The second-order valence-corrected chi connectivity index (χ2v) is 3.81. The molecule has 3 heteroatoms. The average Bonchev–Trinajstić information content (AvgIpc) is 2.07. The van der Waals surface area contributed by atoms with Gasteiger partial charge in [-0.05, 0) is 17.7 Å². The van der Waals surface area contributed by atoms with Gasteiger partial charge in [0.15, 0.2) is 0 Å². The van der Waals surface area contributed by atoms with Gasteiger partial charge in [0.05, 0.1) is 6.61 Å². The van der Waals surface area contributed by atoms with Crippen molar-refractivity contribution in [2.45, 2.75) is 5.92 Å². The third kappa shape index (κ3) is 2.47. The Morgan fingerprint density at radius 3 is 2.75 bits per heavy atom. The summed E-state index contributed by atoms with van der Waals surface area (Å²) in [6.07, 6.45) is 0. The summed E-state index contributed by atoms with van der Waals surface area (Å²) in [4.78, 5) is 0. The molecule has 0 fully saturated rings. The number of aliphatic hydroxyl groups is 1. The van der Waals surface area contributed by atoms with Crippen molar-refractivity contribution >= 4 is 27.5 Å². The third-order valence-electron chi connectivity index (χ3n) is 1.73. The molecule has 1 N–H and O–H groups in total. The lowest BCUT2D eigenvalue weighted by Gasteiger charge is -2.10. The highest BCUT2D eigenvalue weighted by atomic mass is 79.9. The van der Waals surface area contributed by atoms with E-state index in [0.717, 1.165) is 10.0 Å². The summed E-state index contributed by atoms with van der Waals surface area (Å²) in [6, 6.07) is 7.83. The van der Waals surface area contributed by atoms with Gasteiger partial charge in [-0.15, -0.1) is 11.6 Å². The van der Waals surface area contributed by atoms with Gasteiger partial charge < -0.3 is 5.11 Å². The fourth-order valence-electron chi connectivity index (χ4n) is 1.00. The third-order valence-corrected chi connectivity index (χ3v) is 2.59. The van der Waals surface area contributed by atoms with Crippen LogP contribution in [-0.4, -0.2) is 17.6 Å². The first-order valence-corrected chi connectivity index (χ1v) is 5.03. The number of alkyl halides is 1. The summed E-state index contributed by atoms with van der Waals surface area (Å²) >= 11 is 9.04. The number of benzene rings is 1. The molecule has 0 bridgehead atoms. The molecule has 0 spiro atoms. The van der Waals surface area contributed by atoms with Gasteiger partial charge >= 0.3 is 0 Å². The molecular weight excluding hydrogens is 239 g/mol. The van der Waals surface area contributed by atoms with Gasteiger partial charge in [-0.25, -0.2) is 0 Å². The molecule has 0 aliphatic heterocycles. The van der Waals surface area contributed by atoms with Gasteiger partial charge in [0.1, 0.15) is 0 Å². The van der Waals surface area contributed by atoms with Crippen LogP contribution >= 0.6 is 27.5 Å². The van der Waals surface area contributed by atoms with Crippen LogP contribution in [0.4, 0.5) is 0 Å². The topological polar surface area (TPSA) is 20.2 Å². The van der Waals surface area contributed by atoms with Gasteiger partial charge in [-0.2, -0.15) is 0 Å². The Morgan fingerprint density at radius 1 is 1.50 bits per heavy atom. The zero-order chi connectivity index (χ0) is 8.97. The molecule has 1 atom stereocenters. The molecule has 0 amide bonds. The van der Waals surface area contributed by atoms with Crippen molar-refractivity contribution < 1.29 is 5.11 Å². The molecule has 0 aromatic heterocycles. The van der Waals surface area contributed by atoms with Crippen LogP contribution in [0.5, 0.6) is 0 Å². The van der Waals surface area contributed by atoms with E-state index in [4.69, 9.17) is 16.7 Å². The minimum Gasteiger partial charge on any atom is -0.396 e. The lowest BCUT2D eigenvalue weighted by molar-refractivity contribution is 0.274. The van der Waals surface area contributed by atoms with E-state index in [1.54, 1.807) is 0 Å². The lowest BCUT2D eigenvalue weighted by atomic mass is 10.0. The van der Waals surface area contributed by atoms with E-state index in [1.807, 2.05) is 24.3 Å². The first-order chi connectivity index (χ1) is 5.77. The van der Waals surface area contributed by atoms with Crippen LogP contribution in [0.3, 0.4) is 0 Å². The highest BCUT2D eigenvalue weighted by Gasteiger charge is 2.08. The summed E-state index contributed by atoms with van der Waals surface area (Å²) in [5, 5.41) is 8.97. The second kappa shape index (κ2) is 4.85. The van der Waals surface area contributed by atoms with Crippen molar-refractivity contribution in [1.82, 2.24) is 0 Å². The van der Waals surface area contributed by atoms with E-state index in [9.17, 15) is 0 Å². The van der Waals surface area contributed by atoms with Crippen molar-refractivity contribution in [2.24, 2.45) is 0 Å². The summed E-state index contributed by atoms with van der Waals surface area (Å²) in [7, 11) is 0. The lowest BCUT2D eigenvalue weighted by Crippen LogP contribution is -2.05. The molecule has 0 radical (unpaired) electrons.